The van der Waals surface area contributed by atoms with E-state index in [2.05, 4.69) is 16.0 Å². The highest BCUT2D eigenvalue weighted by molar-refractivity contribution is 5.95. The molecule has 0 radical (unpaired) electrons. The molecule has 0 aromatic rings. The molecule has 0 saturated carbocycles. The molecule has 0 aromatic carbocycles. The van der Waals surface area contributed by atoms with Crippen molar-refractivity contribution in [1.29, 1.82) is 0 Å². The lowest BCUT2D eigenvalue weighted by molar-refractivity contribution is -0.143. The number of primary amides is 1. The maximum absolute atomic E-state index is 12.6. The molecule has 3 unspecified atom stereocenters. The fourth-order valence-corrected chi connectivity index (χ4v) is 2.41. The Hall–Kier alpha value is -2.69. The zero-order chi connectivity index (χ0) is 22.0. The van der Waals surface area contributed by atoms with Crippen molar-refractivity contribution in [3.63, 3.8) is 0 Å². The van der Waals surface area contributed by atoms with E-state index in [1.807, 2.05) is 13.8 Å². The van der Waals surface area contributed by atoms with Crippen LogP contribution in [0.25, 0.3) is 0 Å². The molecular weight excluding hydrogens is 370 g/mol. The minimum atomic E-state index is -1.30. The summed E-state index contributed by atoms with van der Waals surface area (Å²) in [6.45, 7) is 6.55. The Kier molecular flexibility index (Phi) is 10.8. The van der Waals surface area contributed by atoms with Gasteiger partial charge in [-0.3, -0.25) is 19.2 Å². The highest BCUT2D eigenvalue weighted by atomic mass is 16.4. The van der Waals surface area contributed by atoms with E-state index in [1.54, 1.807) is 13.8 Å². The number of hydrogen-bond donors (Lipinski definition) is 6. The van der Waals surface area contributed by atoms with Crippen molar-refractivity contribution < 1.29 is 29.1 Å². The molecule has 0 aromatic heterocycles. The maximum atomic E-state index is 12.6. The van der Waals surface area contributed by atoms with Gasteiger partial charge in [-0.15, -0.1) is 0 Å². The first-order chi connectivity index (χ1) is 12.9. The monoisotopic (exact) mass is 401 g/mol. The lowest BCUT2D eigenvalue weighted by atomic mass is 10.00. The van der Waals surface area contributed by atoms with Crippen LogP contribution in [-0.4, -0.2) is 59.4 Å². The summed E-state index contributed by atoms with van der Waals surface area (Å²) in [6, 6.07) is -3.48. The molecule has 0 rings (SSSR count). The normalized spacial score (nSPS) is 14.1. The van der Waals surface area contributed by atoms with E-state index >= 15 is 0 Å². The number of nitrogens with one attached hydrogen (secondary N) is 3. The van der Waals surface area contributed by atoms with E-state index in [4.69, 9.17) is 11.5 Å². The number of carboxylic acids is 1. The van der Waals surface area contributed by atoms with Crippen molar-refractivity contribution in [2.45, 2.75) is 58.7 Å². The van der Waals surface area contributed by atoms with Crippen LogP contribution < -0.4 is 27.4 Å². The minimum Gasteiger partial charge on any atom is -0.480 e. The van der Waals surface area contributed by atoms with Gasteiger partial charge in [0.15, 0.2) is 0 Å². The van der Waals surface area contributed by atoms with Crippen molar-refractivity contribution in [2.75, 3.05) is 6.54 Å². The van der Waals surface area contributed by atoms with Gasteiger partial charge in [0.1, 0.15) is 18.1 Å². The fraction of sp³-hybridized carbons (Fsp3) is 0.706. The number of nitrogens with two attached hydrogens (primary N) is 2. The Morgan fingerprint density at radius 2 is 1.46 bits per heavy atom. The number of amides is 4. The van der Waals surface area contributed by atoms with E-state index in [9.17, 15) is 29.1 Å². The van der Waals surface area contributed by atoms with E-state index in [0.29, 0.717) is 0 Å². The molecule has 3 atom stereocenters. The van der Waals surface area contributed by atoms with Crippen LogP contribution in [0.4, 0.5) is 0 Å². The Morgan fingerprint density at radius 1 is 0.893 bits per heavy atom. The topological polar surface area (TPSA) is 194 Å². The zero-order valence-corrected chi connectivity index (χ0v) is 16.7. The van der Waals surface area contributed by atoms with Crippen molar-refractivity contribution in [1.82, 2.24) is 16.0 Å². The molecule has 11 heteroatoms. The second-order valence-electron chi connectivity index (χ2n) is 7.25. The summed E-state index contributed by atoms with van der Waals surface area (Å²) in [6.07, 6.45) is -0.258. The molecule has 28 heavy (non-hydrogen) atoms. The molecule has 0 bridgehead atoms. The third-order valence-corrected chi connectivity index (χ3v) is 3.81. The van der Waals surface area contributed by atoms with E-state index in [1.165, 1.54) is 0 Å². The predicted octanol–water partition coefficient (Wildman–Crippen LogP) is -1.94. The summed E-state index contributed by atoms with van der Waals surface area (Å²) in [5, 5.41) is 16.4. The Morgan fingerprint density at radius 3 is 1.86 bits per heavy atom. The second kappa shape index (κ2) is 11.9. The largest absolute Gasteiger partial charge is 0.480 e. The maximum Gasteiger partial charge on any atom is 0.326 e. The number of carbonyl (C=O) groups excluding carboxylic acids is 4. The summed E-state index contributed by atoms with van der Waals surface area (Å²) in [7, 11) is 0. The predicted molar refractivity (Wildman–Crippen MR) is 101 cm³/mol. The molecule has 0 aliphatic heterocycles. The molecule has 160 valence electrons. The van der Waals surface area contributed by atoms with Gasteiger partial charge in [0.2, 0.25) is 23.6 Å². The van der Waals surface area contributed by atoms with Crippen LogP contribution in [0.5, 0.6) is 0 Å². The van der Waals surface area contributed by atoms with Gasteiger partial charge >= 0.3 is 5.97 Å². The number of aliphatic carboxylic acids is 1. The lowest BCUT2D eigenvalue weighted by Crippen LogP contribution is -2.58. The van der Waals surface area contributed by atoms with Crippen LogP contribution in [0.3, 0.4) is 0 Å². The molecule has 0 heterocycles. The summed E-state index contributed by atoms with van der Waals surface area (Å²) < 4.78 is 0. The number of carbonyl (C=O) groups is 5. The van der Waals surface area contributed by atoms with Crippen molar-refractivity contribution in [3.8, 4) is 0 Å². The van der Waals surface area contributed by atoms with Gasteiger partial charge in [0.05, 0.1) is 13.0 Å². The molecule has 0 fully saturated rings. The van der Waals surface area contributed by atoms with Crippen LogP contribution in [-0.2, 0) is 24.0 Å². The average molecular weight is 401 g/mol. The first kappa shape index (κ1) is 25.3. The van der Waals surface area contributed by atoms with Crippen molar-refractivity contribution in [2.24, 2.45) is 23.3 Å². The standard InChI is InChI=1S/C17H31N5O6/c1-8(2)5-11(17(27)28)21-16(26)14(9(3)4)22-15(25)10(6-12(19)23)20-13(24)7-18/h8-11,14H,5-7,18H2,1-4H3,(H2,19,23)(H,20,24)(H,21,26)(H,22,25)(H,27,28). The Balaban J connectivity index is 5.30. The Labute approximate surface area is 164 Å². The van der Waals surface area contributed by atoms with Crippen LogP contribution in [0.2, 0.25) is 0 Å². The third-order valence-electron chi connectivity index (χ3n) is 3.81. The number of rotatable bonds is 12. The van der Waals surface area contributed by atoms with Crippen LogP contribution in [0, 0.1) is 11.8 Å². The van der Waals surface area contributed by atoms with Crippen LogP contribution >= 0.6 is 0 Å². The fourth-order valence-electron chi connectivity index (χ4n) is 2.41. The average Bonchev–Trinajstić information content (AvgIpc) is 2.56. The molecule has 0 aliphatic rings. The lowest BCUT2D eigenvalue weighted by Gasteiger charge is -2.26. The van der Waals surface area contributed by atoms with Gasteiger partial charge in [-0.25, -0.2) is 4.79 Å². The SMILES string of the molecule is CC(C)CC(NC(=O)C(NC(=O)C(CC(N)=O)NC(=O)CN)C(C)C)C(=O)O. The van der Waals surface area contributed by atoms with Gasteiger partial charge in [-0.05, 0) is 18.3 Å². The first-order valence-electron chi connectivity index (χ1n) is 9.00. The van der Waals surface area contributed by atoms with Gasteiger partial charge in [-0.1, -0.05) is 27.7 Å². The quantitative estimate of drug-likeness (QED) is 0.219. The van der Waals surface area contributed by atoms with Gasteiger partial charge in [-0.2, -0.15) is 0 Å². The van der Waals surface area contributed by atoms with Gasteiger partial charge < -0.3 is 32.5 Å². The molecule has 8 N–H and O–H groups in total. The van der Waals surface area contributed by atoms with Gasteiger partial charge in [0.25, 0.3) is 0 Å². The van der Waals surface area contributed by atoms with Crippen molar-refractivity contribution in [3.05, 3.63) is 0 Å². The van der Waals surface area contributed by atoms with Crippen LogP contribution in [0.15, 0.2) is 0 Å². The highest BCUT2D eigenvalue weighted by Gasteiger charge is 2.31. The molecule has 0 aliphatic carbocycles. The summed E-state index contributed by atoms with van der Waals surface area (Å²) in [5.74, 6) is -4.53. The van der Waals surface area contributed by atoms with Gasteiger partial charge in [0, 0.05) is 0 Å². The van der Waals surface area contributed by atoms with Crippen LogP contribution in [0.1, 0.15) is 40.5 Å². The highest BCUT2D eigenvalue weighted by Crippen LogP contribution is 2.08. The molecule has 4 amide bonds. The van der Waals surface area contributed by atoms with E-state index < -0.39 is 66.6 Å². The van der Waals surface area contributed by atoms with E-state index in [0.717, 1.165) is 0 Å². The minimum absolute atomic E-state index is 0.0277. The van der Waals surface area contributed by atoms with Crippen molar-refractivity contribution >= 4 is 29.6 Å². The number of hydrogen-bond acceptors (Lipinski definition) is 6. The molecular formula is C17H31N5O6. The van der Waals surface area contributed by atoms with E-state index in [-0.39, 0.29) is 12.3 Å². The molecule has 0 saturated heterocycles. The first-order valence-corrected chi connectivity index (χ1v) is 9.00. The third kappa shape index (κ3) is 9.31. The molecule has 11 nitrogen and oxygen atoms in total. The molecule has 0 spiro atoms. The smallest absolute Gasteiger partial charge is 0.326 e. The summed E-state index contributed by atoms with van der Waals surface area (Å²) >= 11 is 0. The second-order valence-corrected chi connectivity index (χ2v) is 7.25. The summed E-state index contributed by atoms with van der Waals surface area (Å²) in [5.41, 5.74) is 10.3. The zero-order valence-electron chi connectivity index (χ0n) is 16.7. The number of carboxylic acid groups (broad SMARTS) is 1. The Bertz CT molecular complexity index is 593. The summed E-state index contributed by atoms with van der Waals surface area (Å²) in [4.78, 5) is 59.0.